The summed E-state index contributed by atoms with van der Waals surface area (Å²) in [5.41, 5.74) is -4.89. The van der Waals surface area contributed by atoms with Crippen molar-refractivity contribution in [1.82, 2.24) is 9.13 Å². The number of hydrogen-bond acceptors (Lipinski definition) is 5. The number of ether oxygens (including phenoxy) is 1. The molecule has 1 aliphatic rings. The monoisotopic (exact) mass is 322 g/mol. The third-order valence-corrected chi connectivity index (χ3v) is 3.60. The molecule has 1 fully saturated rings. The minimum absolute atomic E-state index is 0.466. The van der Waals surface area contributed by atoms with E-state index in [2.05, 4.69) is 0 Å². The lowest BCUT2D eigenvalue weighted by Crippen LogP contribution is -2.58. The maximum Gasteiger partial charge on any atom is 0.417 e. The Morgan fingerprint density at radius 3 is 2.41 bits per heavy atom. The van der Waals surface area contributed by atoms with Crippen LogP contribution in [-0.2, 0) is 18.8 Å². The molecule has 1 heterocycles. The minimum Gasteiger partial charge on any atom is -0.458 e. The van der Waals surface area contributed by atoms with E-state index in [1.54, 1.807) is 0 Å². The van der Waals surface area contributed by atoms with Gasteiger partial charge in [0.15, 0.2) is 5.60 Å². The van der Waals surface area contributed by atoms with Crippen molar-refractivity contribution < 1.29 is 27.8 Å². The quantitative estimate of drug-likeness (QED) is 0.755. The first kappa shape index (κ1) is 16.3. The van der Waals surface area contributed by atoms with Gasteiger partial charge in [0.25, 0.3) is 5.56 Å². The zero-order chi connectivity index (χ0) is 16.9. The van der Waals surface area contributed by atoms with Gasteiger partial charge in [-0.2, -0.15) is 13.2 Å². The average molecular weight is 322 g/mol. The summed E-state index contributed by atoms with van der Waals surface area (Å²) in [5.74, 6) is -1.13. The molecule has 7 nitrogen and oxygen atoms in total. The highest BCUT2D eigenvalue weighted by Crippen LogP contribution is 2.46. The van der Waals surface area contributed by atoms with Crippen LogP contribution >= 0.6 is 0 Å². The number of rotatable bonds is 2. The fraction of sp³-hybridized carbons (Fsp3) is 0.583. The lowest BCUT2D eigenvalue weighted by molar-refractivity contribution is -0.305. The molecule has 1 aliphatic carbocycles. The van der Waals surface area contributed by atoms with Crippen molar-refractivity contribution in [3.05, 3.63) is 32.6 Å². The minimum atomic E-state index is -4.80. The molecule has 0 aliphatic heterocycles. The van der Waals surface area contributed by atoms with Crippen molar-refractivity contribution in [3.63, 3.8) is 0 Å². The van der Waals surface area contributed by atoms with Crippen LogP contribution in [0.1, 0.15) is 23.2 Å². The molecule has 122 valence electrons. The standard InChI is InChI=1S/C12H13F3N2O5/c1-16-5-7(8(18)17(2)10(16)20)9(19)22-6-3-11(21,4-6)12(13,14)15/h5-6,21H,3-4H2,1-2H3. The highest BCUT2D eigenvalue weighted by atomic mass is 19.4. The van der Waals surface area contributed by atoms with Crippen LogP contribution in [0.15, 0.2) is 15.8 Å². The van der Waals surface area contributed by atoms with E-state index in [9.17, 15) is 32.7 Å². The first-order valence-corrected chi connectivity index (χ1v) is 6.23. The summed E-state index contributed by atoms with van der Waals surface area (Å²) in [6.07, 6.45) is -6.55. The Labute approximate surface area is 121 Å². The Morgan fingerprint density at radius 2 is 1.91 bits per heavy atom. The van der Waals surface area contributed by atoms with E-state index in [1.165, 1.54) is 7.05 Å². The van der Waals surface area contributed by atoms with E-state index in [0.717, 1.165) is 17.8 Å². The smallest absolute Gasteiger partial charge is 0.417 e. The van der Waals surface area contributed by atoms with Crippen LogP contribution in [0.4, 0.5) is 13.2 Å². The van der Waals surface area contributed by atoms with Crippen molar-refractivity contribution in [1.29, 1.82) is 0 Å². The second kappa shape index (κ2) is 4.97. The first-order valence-electron chi connectivity index (χ1n) is 6.23. The molecule has 1 saturated carbocycles. The van der Waals surface area contributed by atoms with Gasteiger partial charge in [-0.25, -0.2) is 9.59 Å². The van der Waals surface area contributed by atoms with Crippen LogP contribution in [0.5, 0.6) is 0 Å². The summed E-state index contributed by atoms with van der Waals surface area (Å²) in [6, 6.07) is 0. The third-order valence-electron chi connectivity index (χ3n) is 3.60. The molecule has 0 aromatic carbocycles. The van der Waals surface area contributed by atoms with Crippen molar-refractivity contribution in [2.45, 2.75) is 30.7 Å². The summed E-state index contributed by atoms with van der Waals surface area (Å²) >= 11 is 0. The van der Waals surface area contributed by atoms with Gasteiger partial charge in [0.1, 0.15) is 11.7 Å². The molecule has 0 spiro atoms. The van der Waals surface area contributed by atoms with Crippen LogP contribution in [-0.4, -0.2) is 38.1 Å². The topological polar surface area (TPSA) is 90.5 Å². The van der Waals surface area contributed by atoms with E-state index in [-0.39, 0.29) is 0 Å². The number of esters is 1. The molecule has 0 radical (unpaired) electrons. The van der Waals surface area contributed by atoms with Crippen molar-refractivity contribution in [3.8, 4) is 0 Å². The van der Waals surface area contributed by atoms with Crippen LogP contribution in [0.3, 0.4) is 0 Å². The van der Waals surface area contributed by atoms with E-state index in [0.29, 0.717) is 4.57 Å². The highest BCUT2D eigenvalue weighted by molar-refractivity contribution is 5.88. The molecule has 0 unspecified atom stereocenters. The number of nitrogens with zero attached hydrogens (tertiary/aromatic N) is 2. The van der Waals surface area contributed by atoms with Gasteiger partial charge in [-0.1, -0.05) is 0 Å². The first-order chi connectivity index (χ1) is 9.96. The molecule has 22 heavy (non-hydrogen) atoms. The molecular weight excluding hydrogens is 309 g/mol. The second-order valence-corrected chi connectivity index (χ2v) is 5.27. The van der Waals surface area contributed by atoms with Crippen molar-refractivity contribution >= 4 is 5.97 Å². The molecule has 2 rings (SSSR count). The maximum atomic E-state index is 12.5. The van der Waals surface area contributed by atoms with E-state index in [1.807, 2.05) is 0 Å². The molecule has 0 amide bonds. The fourth-order valence-corrected chi connectivity index (χ4v) is 2.17. The molecule has 0 atom stereocenters. The summed E-state index contributed by atoms with van der Waals surface area (Å²) in [6.45, 7) is 0. The summed E-state index contributed by atoms with van der Waals surface area (Å²) in [7, 11) is 2.47. The Balaban J connectivity index is 2.14. The SMILES string of the molecule is Cn1cc(C(=O)OC2CC(O)(C(F)(F)F)C2)c(=O)n(C)c1=O. The number of carbonyl (C=O) groups is 1. The maximum absolute atomic E-state index is 12.5. The zero-order valence-corrected chi connectivity index (χ0v) is 11.7. The van der Waals surface area contributed by atoms with Gasteiger partial charge in [-0.15, -0.1) is 0 Å². The molecule has 10 heteroatoms. The highest BCUT2D eigenvalue weighted by Gasteiger charge is 2.62. The van der Waals surface area contributed by atoms with Gasteiger partial charge in [0.2, 0.25) is 0 Å². The predicted molar refractivity (Wildman–Crippen MR) is 66.4 cm³/mol. The number of halogens is 3. The second-order valence-electron chi connectivity index (χ2n) is 5.27. The summed E-state index contributed by atoms with van der Waals surface area (Å²) in [4.78, 5) is 35.1. The molecule has 0 bridgehead atoms. The number of aliphatic hydroxyl groups is 1. The normalized spacial score (nSPS) is 24.7. The van der Waals surface area contributed by atoms with Crippen LogP contribution in [0.2, 0.25) is 0 Å². The number of carbonyl (C=O) groups excluding carboxylic acids is 1. The van der Waals surface area contributed by atoms with Gasteiger partial charge in [0, 0.05) is 33.1 Å². The Kier molecular flexibility index (Phi) is 3.68. The Hall–Kier alpha value is -2.10. The lowest BCUT2D eigenvalue weighted by Gasteiger charge is -2.43. The van der Waals surface area contributed by atoms with Crippen LogP contribution < -0.4 is 11.2 Å². The molecule has 1 N–H and O–H groups in total. The predicted octanol–water partition coefficient (Wildman–Crippen LogP) is -0.303. The Bertz CT molecular complexity index is 728. The Morgan fingerprint density at radius 1 is 1.36 bits per heavy atom. The molecule has 1 aromatic heterocycles. The van der Waals surface area contributed by atoms with Gasteiger partial charge in [0.05, 0.1) is 0 Å². The third kappa shape index (κ3) is 2.54. The number of aryl methyl sites for hydroxylation is 1. The van der Waals surface area contributed by atoms with Crippen LogP contribution in [0.25, 0.3) is 0 Å². The fourth-order valence-electron chi connectivity index (χ4n) is 2.17. The van der Waals surface area contributed by atoms with Gasteiger partial charge < -0.3 is 14.4 Å². The largest absolute Gasteiger partial charge is 0.458 e. The van der Waals surface area contributed by atoms with Gasteiger partial charge >= 0.3 is 17.8 Å². The molecule has 1 aromatic rings. The summed E-state index contributed by atoms with van der Waals surface area (Å²) < 4.78 is 43.8. The van der Waals surface area contributed by atoms with E-state index in [4.69, 9.17) is 4.74 Å². The summed E-state index contributed by atoms with van der Waals surface area (Å²) in [5, 5.41) is 9.25. The van der Waals surface area contributed by atoms with E-state index >= 15 is 0 Å². The lowest BCUT2D eigenvalue weighted by atomic mass is 9.77. The number of aromatic nitrogens is 2. The van der Waals surface area contributed by atoms with Crippen LogP contribution in [0, 0.1) is 0 Å². The number of alkyl halides is 3. The van der Waals surface area contributed by atoms with Gasteiger partial charge in [-0.05, 0) is 0 Å². The average Bonchev–Trinajstić information content (AvgIpc) is 2.37. The van der Waals surface area contributed by atoms with Crippen molar-refractivity contribution in [2.75, 3.05) is 0 Å². The zero-order valence-electron chi connectivity index (χ0n) is 11.7. The van der Waals surface area contributed by atoms with E-state index < -0.39 is 53.5 Å². The molecule has 0 saturated heterocycles. The number of hydrogen-bond donors (Lipinski definition) is 1. The van der Waals surface area contributed by atoms with Crippen molar-refractivity contribution in [2.24, 2.45) is 14.1 Å². The van der Waals surface area contributed by atoms with Gasteiger partial charge in [-0.3, -0.25) is 9.36 Å². The molecular formula is C12H13F3N2O5.